The molecule has 5 nitrogen and oxygen atoms in total. The summed E-state index contributed by atoms with van der Waals surface area (Å²) < 4.78 is 11.8. The molecule has 1 aromatic heterocycles. The lowest BCUT2D eigenvalue weighted by Crippen LogP contribution is -2.29. The summed E-state index contributed by atoms with van der Waals surface area (Å²) in [4.78, 5) is 29.0. The maximum Gasteiger partial charge on any atom is 0.295 e. The van der Waals surface area contributed by atoms with Gasteiger partial charge in [-0.3, -0.25) is 14.5 Å². The first kappa shape index (κ1) is 21.0. The van der Waals surface area contributed by atoms with E-state index in [-0.39, 0.29) is 17.1 Å². The van der Waals surface area contributed by atoms with E-state index in [0.29, 0.717) is 28.8 Å². The van der Waals surface area contributed by atoms with Crippen molar-refractivity contribution in [1.29, 1.82) is 0 Å². The Bertz CT molecular complexity index is 1400. The molecule has 4 aromatic rings. The molecule has 5 heteroatoms. The molecule has 0 N–H and O–H groups in total. The summed E-state index contributed by atoms with van der Waals surface area (Å²) in [5.41, 5.74) is 4.20. The largest absolute Gasteiger partial charge is 0.494 e. The lowest BCUT2D eigenvalue weighted by molar-refractivity contribution is 0.0971. The fourth-order valence-corrected chi connectivity index (χ4v) is 4.36. The fraction of sp³-hybridized carbons (Fsp3) is 0.214. The number of carbonyl (C=O) groups excluding carboxylic acids is 1. The SMILES string of the molecule is CCCOc1ccc(C2c3c(oc4cc(C)c(C)cc4c3=O)C(=O)N2c2ccccc2)cc1. The van der Waals surface area contributed by atoms with Gasteiger partial charge in [-0.1, -0.05) is 37.3 Å². The zero-order chi connectivity index (χ0) is 23.1. The van der Waals surface area contributed by atoms with Crippen LogP contribution in [-0.4, -0.2) is 12.5 Å². The Morgan fingerprint density at radius 2 is 1.64 bits per heavy atom. The second-order valence-corrected chi connectivity index (χ2v) is 8.44. The van der Waals surface area contributed by atoms with Crippen molar-refractivity contribution in [3.63, 3.8) is 0 Å². The number of benzene rings is 3. The molecular formula is C28H25NO4. The predicted molar refractivity (Wildman–Crippen MR) is 129 cm³/mol. The molecule has 0 saturated heterocycles. The molecule has 2 heterocycles. The van der Waals surface area contributed by atoms with Gasteiger partial charge in [-0.25, -0.2) is 0 Å². The molecule has 1 atom stereocenters. The minimum atomic E-state index is -0.586. The normalized spacial score (nSPS) is 15.2. The molecule has 1 amide bonds. The van der Waals surface area contributed by atoms with Crippen LogP contribution in [-0.2, 0) is 0 Å². The number of nitrogens with zero attached hydrogens (tertiary/aromatic N) is 1. The van der Waals surface area contributed by atoms with Gasteiger partial charge in [0.1, 0.15) is 11.3 Å². The number of fused-ring (bicyclic) bond motifs is 2. The second-order valence-electron chi connectivity index (χ2n) is 8.44. The molecule has 5 rings (SSSR count). The highest BCUT2D eigenvalue weighted by Gasteiger charge is 2.43. The number of hydrogen-bond donors (Lipinski definition) is 0. The van der Waals surface area contributed by atoms with Crippen LogP contribution in [0.1, 0.15) is 52.2 Å². The number of carbonyl (C=O) groups is 1. The molecular weight excluding hydrogens is 414 g/mol. The molecule has 0 radical (unpaired) electrons. The van der Waals surface area contributed by atoms with Crippen molar-refractivity contribution >= 4 is 22.6 Å². The maximum absolute atomic E-state index is 13.7. The first-order valence-electron chi connectivity index (χ1n) is 11.2. The van der Waals surface area contributed by atoms with E-state index >= 15 is 0 Å². The topological polar surface area (TPSA) is 59.8 Å². The van der Waals surface area contributed by atoms with Gasteiger partial charge in [-0.05, 0) is 73.4 Å². The van der Waals surface area contributed by atoms with Crippen LogP contribution in [0.5, 0.6) is 5.75 Å². The first-order valence-corrected chi connectivity index (χ1v) is 11.2. The number of amides is 1. The zero-order valence-electron chi connectivity index (χ0n) is 18.9. The number of hydrogen-bond acceptors (Lipinski definition) is 4. The summed E-state index contributed by atoms with van der Waals surface area (Å²) in [7, 11) is 0. The molecule has 0 spiro atoms. The van der Waals surface area contributed by atoms with Crippen LogP contribution in [0.15, 0.2) is 75.9 Å². The van der Waals surface area contributed by atoms with Gasteiger partial charge >= 0.3 is 0 Å². The molecule has 166 valence electrons. The highest BCUT2D eigenvalue weighted by Crippen LogP contribution is 2.41. The van der Waals surface area contributed by atoms with E-state index in [9.17, 15) is 9.59 Å². The van der Waals surface area contributed by atoms with E-state index in [1.54, 1.807) is 4.90 Å². The monoisotopic (exact) mass is 439 g/mol. The van der Waals surface area contributed by atoms with Crippen LogP contribution in [0.25, 0.3) is 11.0 Å². The Labute approximate surface area is 192 Å². The van der Waals surface area contributed by atoms with E-state index in [2.05, 4.69) is 6.92 Å². The summed E-state index contributed by atoms with van der Waals surface area (Å²) in [6, 6.07) is 20.1. The van der Waals surface area contributed by atoms with E-state index in [1.807, 2.05) is 80.6 Å². The third-order valence-electron chi connectivity index (χ3n) is 6.19. The quantitative estimate of drug-likeness (QED) is 0.386. The fourth-order valence-electron chi connectivity index (χ4n) is 4.36. The molecule has 0 fully saturated rings. The average Bonchev–Trinajstić information content (AvgIpc) is 3.12. The van der Waals surface area contributed by atoms with Crippen molar-refractivity contribution in [3.05, 3.63) is 105 Å². The Morgan fingerprint density at radius 1 is 0.939 bits per heavy atom. The van der Waals surface area contributed by atoms with Crippen LogP contribution < -0.4 is 15.1 Å². The first-order chi connectivity index (χ1) is 16.0. The number of rotatable bonds is 5. The third-order valence-corrected chi connectivity index (χ3v) is 6.19. The van der Waals surface area contributed by atoms with Crippen molar-refractivity contribution in [3.8, 4) is 5.75 Å². The minimum absolute atomic E-state index is 0.107. The second kappa shape index (κ2) is 8.24. The molecule has 33 heavy (non-hydrogen) atoms. The van der Waals surface area contributed by atoms with Gasteiger partial charge in [0.15, 0.2) is 5.43 Å². The predicted octanol–water partition coefficient (Wildman–Crippen LogP) is 5.95. The lowest BCUT2D eigenvalue weighted by atomic mass is 9.97. The third kappa shape index (κ3) is 3.50. The molecule has 0 bridgehead atoms. The number of ether oxygens (including phenoxy) is 1. The molecule has 1 unspecified atom stereocenters. The van der Waals surface area contributed by atoms with Crippen LogP contribution in [0, 0.1) is 13.8 Å². The van der Waals surface area contributed by atoms with Crippen molar-refractivity contribution in [2.24, 2.45) is 0 Å². The van der Waals surface area contributed by atoms with Gasteiger partial charge in [0, 0.05) is 5.69 Å². The van der Waals surface area contributed by atoms with Gasteiger partial charge in [0.05, 0.1) is 23.6 Å². The van der Waals surface area contributed by atoms with Crippen LogP contribution in [0.3, 0.4) is 0 Å². The van der Waals surface area contributed by atoms with Gasteiger partial charge < -0.3 is 9.15 Å². The van der Waals surface area contributed by atoms with Gasteiger partial charge in [-0.15, -0.1) is 0 Å². The summed E-state index contributed by atoms with van der Waals surface area (Å²) in [5, 5.41) is 0.493. The van der Waals surface area contributed by atoms with E-state index in [1.165, 1.54) is 0 Å². The van der Waals surface area contributed by atoms with Crippen LogP contribution >= 0.6 is 0 Å². The smallest absolute Gasteiger partial charge is 0.295 e. The Balaban J connectivity index is 1.73. The van der Waals surface area contributed by atoms with Gasteiger partial charge in [0.2, 0.25) is 5.76 Å². The van der Waals surface area contributed by atoms with Crippen molar-refractivity contribution in [2.75, 3.05) is 11.5 Å². The van der Waals surface area contributed by atoms with Crippen LogP contribution in [0.4, 0.5) is 5.69 Å². The standard InChI is InChI=1S/C28H25NO4/c1-4-14-32-21-12-10-19(11-13-21)25-24-26(30)22-15-17(2)18(3)16-23(22)33-27(24)28(31)29(25)20-8-6-5-7-9-20/h5-13,15-16,25H,4,14H2,1-3H3. The molecule has 1 aliphatic heterocycles. The highest BCUT2D eigenvalue weighted by molar-refractivity contribution is 6.10. The van der Waals surface area contributed by atoms with Crippen LogP contribution in [0.2, 0.25) is 0 Å². The highest BCUT2D eigenvalue weighted by atomic mass is 16.5. The summed E-state index contributed by atoms with van der Waals surface area (Å²) in [6.45, 7) is 6.62. The zero-order valence-corrected chi connectivity index (χ0v) is 18.9. The van der Waals surface area contributed by atoms with E-state index in [0.717, 1.165) is 28.9 Å². The summed E-state index contributed by atoms with van der Waals surface area (Å²) >= 11 is 0. The number of anilines is 1. The molecule has 0 saturated carbocycles. The summed E-state index contributed by atoms with van der Waals surface area (Å²) in [5.74, 6) is 0.550. The number of aryl methyl sites for hydroxylation is 2. The van der Waals surface area contributed by atoms with Crippen molar-refractivity contribution in [2.45, 2.75) is 33.2 Å². The van der Waals surface area contributed by atoms with Gasteiger partial charge in [-0.2, -0.15) is 0 Å². The van der Waals surface area contributed by atoms with Crippen molar-refractivity contribution < 1.29 is 13.9 Å². The average molecular weight is 440 g/mol. The molecule has 1 aliphatic rings. The van der Waals surface area contributed by atoms with E-state index < -0.39 is 6.04 Å². The van der Waals surface area contributed by atoms with Crippen molar-refractivity contribution in [1.82, 2.24) is 0 Å². The van der Waals surface area contributed by atoms with E-state index in [4.69, 9.17) is 9.15 Å². The Hall–Kier alpha value is -3.86. The van der Waals surface area contributed by atoms with Gasteiger partial charge in [0.25, 0.3) is 5.91 Å². The minimum Gasteiger partial charge on any atom is -0.494 e. The molecule has 0 aliphatic carbocycles. The summed E-state index contributed by atoms with van der Waals surface area (Å²) in [6.07, 6.45) is 0.918. The Morgan fingerprint density at radius 3 is 2.33 bits per heavy atom. The Kier molecular flexibility index (Phi) is 5.25. The maximum atomic E-state index is 13.7. The molecule has 3 aromatic carbocycles. The number of para-hydroxylation sites is 1. The lowest BCUT2D eigenvalue weighted by Gasteiger charge is -2.25.